The van der Waals surface area contributed by atoms with Crippen LogP contribution < -0.4 is 5.32 Å². The number of hydrogen-bond donors (Lipinski definition) is 1. The molecule has 2 nitrogen and oxygen atoms in total. The van der Waals surface area contributed by atoms with E-state index >= 15 is 0 Å². The molecule has 0 aliphatic carbocycles. The van der Waals surface area contributed by atoms with Crippen molar-refractivity contribution < 1.29 is 0 Å². The second-order valence-electron chi connectivity index (χ2n) is 3.72. The van der Waals surface area contributed by atoms with Crippen LogP contribution in [-0.4, -0.2) is 17.3 Å². The number of nitrogens with one attached hydrogen (secondary N) is 1. The highest BCUT2D eigenvalue weighted by atomic mass is 32.2. The van der Waals surface area contributed by atoms with Gasteiger partial charge in [0.05, 0.1) is 5.03 Å². The average molecular weight is 264 g/mol. The lowest BCUT2D eigenvalue weighted by molar-refractivity contribution is 0.738. The molecule has 4 heteroatoms. The molecular formula is C13H16N2S2. The number of pyridine rings is 1. The molecule has 2 aromatic heterocycles. The van der Waals surface area contributed by atoms with Gasteiger partial charge in [0.15, 0.2) is 0 Å². The maximum Gasteiger partial charge on any atom is 0.0960 e. The molecule has 0 radical (unpaired) electrons. The first-order chi connectivity index (χ1) is 8.36. The molecule has 2 heterocycles. The van der Waals surface area contributed by atoms with Gasteiger partial charge in [-0.15, -0.1) is 23.1 Å². The first-order valence-electron chi connectivity index (χ1n) is 5.64. The third kappa shape index (κ3) is 4.15. The second kappa shape index (κ2) is 6.79. The van der Waals surface area contributed by atoms with Crippen LogP contribution in [0.4, 0.5) is 0 Å². The Morgan fingerprint density at radius 3 is 3.00 bits per heavy atom. The van der Waals surface area contributed by atoms with Crippen molar-refractivity contribution in [2.24, 2.45) is 0 Å². The monoisotopic (exact) mass is 264 g/mol. The van der Waals surface area contributed by atoms with E-state index in [9.17, 15) is 0 Å². The molecule has 0 saturated carbocycles. The van der Waals surface area contributed by atoms with Crippen LogP contribution in [0, 0.1) is 6.92 Å². The molecular weight excluding hydrogens is 248 g/mol. The minimum absolute atomic E-state index is 0.978. The van der Waals surface area contributed by atoms with Crippen molar-refractivity contribution in [1.82, 2.24) is 10.3 Å². The van der Waals surface area contributed by atoms with Crippen LogP contribution >= 0.6 is 23.1 Å². The number of aromatic nitrogens is 1. The van der Waals surface area contributed by atoms with Crippen LogP contribution in [0.25, 0.3) is 0 Å². The van der Waals surface area contributed by atoms with Gasteiger partial charge in [-0.2, -0.15) is 0 Å². The number of hydrogen-bond acceptors (Lipinski definition) is 4. The van der Waals surface area contributed by atoms with E-state index in [2.05, 4.69) is 28.7 Å². The third-order valence-electron chi connectivity index (χ3n) is 2.42. The van der Waals surface area contributed by atoms with Crippen molar-refractivity contribution in [3.63, 3.8) is 0 Å². The topological polar surface area (TPSA) is 24.9 Å². The first-order valence-corrected chi connectivity index (χ1v) is 7.50. The summed E-state index contributed by atoms with van der Waals surface area (Å²) in [4.78, 5) is 5.72. The van der Waals surface area contributed by atoms with Gasteiger partial charge in [-0.25, -0.2) is 4.98 Å². The van der Waals surface area contributed by atoms with Gasteiger partial charge in [-0.05, 0) is 36.1 Å². The molecule has 0 aliphatic heterocycles. The molecule has 2 rings (SSSR count). The van der Waals surface area contributed by atoms with Crippen LogP contribution in [0.2, 0.25) is 0 Å². The zero-order chi connectivity index (χ0) is 11.9. The highest BCUT2D eigenvalue weighted by molar-refractivity contribution is 7.99. The lowest BCUT2D eigenvalue weighted by atomic mass is 10.3. The van der Waals surface area contributed by atoms with E-state index < -0.39 is 0 Å². The van der Waals surface area contributed by atoms with E-state index in [4.69, 9.17) is 0 Å². The summed E-state index contributed by atoms with van der Waals surface area (Å²) in [5.41, 5.74) is 1.39. The molecule has 0 unspecified atom stereocenters. The molecule has 17 heavy (non-hydrogen) atoms. The molecule has 90 valence electrons. The molecule has 0 amide bonds. The van der Waals surface area contributed by atoms with Crippen molar-refractivity contribution in [3.8, 4) is 0 Å². The fraction of sp³-hybridized carbons (Fsp3) is 0.308. The third-order valence-corrected chi connectivity index (χ3v) is 4.39. The normalized spacial score (nSPS) is 10.6. The van der Waals surface area contributed by atoms with E-state index in [0.717, 1.165) is 23.9 Å². The van der Waals surface area contributed by atoms with Crippen molar-refractivity contribution in [2.45, 2.75) is 18.5 Å². The van der Waals surface area contributed by atoms with Gasteiger partial charge in [-0.3, -0.25) is 0 Å². The standard InChI is InChI=1S/C13H16N2S2/c1-11-5-8-16-12(11)10-14-7-9-17-13-4-2-3-6-15-13/h2-6,8,14H,7,9-10H2,1H3. The Hall–Kier alpha value is -0.840. The van der Waals surface area contributed by atoms with E-state index in [1.165, 1.54) is 10.4 Å². The molecule has 0 atom stereocenters. The molecule has 1 N–H and O–H groups in total. The summed E-state index contributed by atoms with van der Waals surface area (Å²) < 4.78 is 0. The molecule has 0 aromatic carbocycles. The van der Waals surface area contributed by atoms with Gasteiger partial charge < -0.3 is 5.32 Å². The van der Waals surface area contributed by atoms with Crippen LogP contribution in [0.1, 0.15) is 10.4 Å². The quantitative estimate of drug-likeness (QED) is 0.640. The molecule has 0 fully saturated rings. The number of aryl methyl sites for hydroxylation is 1. The molecule has 0 spiro atoms. The minimum atomic E-state index is 0.978. The summed E-state index contributed by atoms with van der Waals surface area (Å²) >= 11 is 3.61. The lowest BCUT2D eigenvalue weighted by Gasteiger charge is -2.03. The summed E-state index contributed by atoms with van der Waals surface area (Å²) in [6, 6.07) is 8.19. The lowest BCUT2D eigenvalue weighted by Crippen LogP contribution is -2.16. The second-order valence-corrected chi connectivity index (χ2v) is 5.84. The Morgan fingerprint density at radius 1 is 1.35 bits per heavy atom. The predicted molar refractivity (Wildman–Crippen MR) is 75.7 cm³/mol. The maximum absolute atomic E-state index is 4.28. The highest BCUT2D eigenvalue weighted by Gasteiger charge is 1.99. The predicted octanol–water partition coefficient (Wildman–Crippen LogP) is 3.33. The SMILES string of the molecule is Cc1ccsc1CNCCSc1ccccn1. The van der Waals surface area contributed by atoms with Gasteiger partial charge in [-0.1, -0.05) is 6.07 Å². The van der Waals surface area contributed by atoms with E-state index in [1.54, 1.807) is 11.8 Å². The maximum atomic E-state index is 4.28. The van der Waals surface area contributed by atoms with Crippen LogP contribution in [0.5, 0.6) is 0 Å². The zero-order valence-corrected chi connectivity index (χ0v) is 11.5. The Kier molecular flexibility index (Phi) is 5.04. The molecule has 0 aliphatic rings. The Bertz CT molecular complexity index is 440. The summed E-state index contributed by atoms with van der Waals surface area (Å²) in [6.07, 6.45) is 1.84. The van der Waals surface area contributed by atoms with E-state index in [-0.39, 0.29) is 0 Å². The smallest absolute Gasteiger partial charge is 0.0960 e. The number of thioether (sulfide) groups is 1. The van der Waals surface area contributed by atoms with Crippen molar-refractivity contribution in [3.05, 3.63) is 46.3 Å². The Balaban J connectivity index is 1.63. The van der Waals surface area contributed by atoms with Crippen LogP contribution in [-0.2, 0) is 6.54 Å². The average Bonchev–Trinajstić information content (AvgIpc) is 2.76. The molecule has 2 aromatic rings. The molecule has 0 saturated heterocycles. The Labute approximate surface area is 110 Å². The highest BCUT2D eigenvalue weighted by Crippen LogP contribution is 2.15. The summed E-state index contributed by atoms with van der Waals surface area (Å²) in [5.74, 6) is 1.06. The van der Waals surface area contributed by atoms with E-state index in [1.807, 2.05) is 35.7 Å². The first kappa shape index (κ1) is 12.6. The fourth-order valence-corrected chi connectivity index (χ4v) is 3.09. The minimum Gasteiger partial charge on any atom is -0.311 e. The fourth-order valence-electron chi connectivity index (χ4n) is 1.45. The zero-order valence-electron chi connectivity index (χ0n) is 9.85. The van der Waals surface area contributed by atoms with Gasteiger partial charge in [0, 0.05) is 29.9 Å². The van der Waals surface area contributed by atoms with Gasteiger partial charge in [0.25, 0.3) is 0 Å². The van der Waals surface area contributed by atoms with Gasteiger partial charge in [0.1, 0.15) is 0 Å². The number of thiophene rings is 1. The van der Waals surface area contributed by atoms with Crippen molar-refractivity contribution in [1.29, 1.82) is 0 Å². The number of nitrogens with zero attached hydrogens (tertiary/aromatic N) is 1. The van der Waals surface area contributed by atoms with Crippen molar-refractivity contribution in [2.75, 3.05) is 12.3 Å². The molecule has 0 bridgehead atoms. The Morgan fingerprint density at radius 2 is 2.29 bits per heavy atom. The van der Waals surface area contributed by atoms with Crippen molar-refractivity contribution >= 4 is 23.1 Å². The van der Waals surface area contributed by atoms with Gasteiger partial charge in [0.2, 0.25) is 0 Å². The number of rotatable bonds is 6. The summed E-state index contributed by atoms with van der Waals surface area (Å²) in [7, 11) is 0. The van der Waals surface area contributed by atoms with Crippen LogP contribution in [0.3, 0.4) is 0 Å². The van der Waals surface area contributed by atoms with Gasteiger partial charge >= 0.3 is 0 Å². The summed E-state index contributed by atoms with van der Waals surface area (Å²) in [6.45, 7) is 4.15. The summed E-state index contributed by atoms with van der Waals surface area (Å²) in [5, 5.41) is 6.71. The largest absolute Gasteiger partial charge is 0.311 e. The van der Waals surface area contributed by atoms with E-state index in [0.29, 0.717) is 0 Å². The van der Waals surface area contributed by atoms with Crippen LogP contribution in [0.15, 0.2) is 40.9 Å².